The molecule has 33 heavy (non-hydrogen) atoms. The summed E-state index contributed by atoms with van der Waals surface area (Å²) < 4.78 is 0. The predicted octanol–water partition coefficient (Wildman–Crippen LogP) is 4.81. The van der Waals surface area contributed by atoms with Crippen LogP contribution in [0.3, 0.4) is 0 Å². The van der Waals surface area contributed by atoms with Crippen molar-refractivity contribution in [1.82, 2.24) is 15.2 Å². The van der Waals surface area contributed by atoms with Gasteiger partial charge in [-0.2, -0.15) is 0 Å². The van der Waals surface area contributed by atoms with Crippen molar-refractivity contribution in [2.45, 2.75) is 69.9 Å². The van der Waals surface area contributed by atoms with Gasteiger partial charge in [-0.25, -0.2) is 4.98 Å². The lowest BCUT2D eigenvalue weighted by atomic mass is 9.84. The van der Waals surface area contributed by atoms with Crippen molar-refractivity contribution in [3.05, 3.63) is 63.6 Å². The van der Waals surface area contributed by atoms with Crippen LogP contribution in [-0.2, 0) is 35.4 Å². The number of nitrogens with zero attached hydrogens (tertiary/aromatic N) is 2. The van der Waals surface area contributed by atoms with Crippen molar-refractivity contribution in [2.24, 2.45) is 0 Å². The number of rotatable bonds is 7. The number of thiazole rings is 1. The van der Waals surface area contributed by atoms with E-state index in [0.29, 0.717) is 25.8 Å². The summed E-state index contributed by atoms with van der Waals surface area (Å²) >= 11 is 1.76. The van der Waals surface area contributed by atoms with Crippen LogP contribution in [0.15, 0.2) is 42.5 Å². The highest BCUT2D eigenvalue weighted by atomic mass is 32.1. The molecular weight excluding hydrogens is 430 g/mol. The van der Waals surface area contributed by atoms with Crippen LogP contribution in [0.25, 0.3) is 10.8 Å². The fourth-order valence-electron chi connectivity index (χ4n) is 5.22. The molecule has 1 saturated heterocycles. The number of hydrogen-bond donors (Lipinski definition) is 1. The highest BCUT2D eigenvalue weighted by Gasteiger charge is 2.38. The van der Waals surface area contributed by atoms with Crippen LogP contribution in [0.5, 0.6) is 0 Å². The molecule has 6 heteroatoms. The molecule has 0 saturated carbocycles. The Morgan fingerprint density at radius 2 is 1.94 bits per heavy atom. The van der Waals surface area contributed by atoms with E-state index in [2.05, 4.69) is 35.6 Å². The minimum atomic E-state index is -0.351. The summed E-state index contributed by atoms with van der Waals surface area (Å²) in [5.41, 5.74) is 2.09. The zero-order chi connectivity index (χ0) is 22.8. The quantitative estimate of drug-likeness (QED) is 0.549. The Labute approximate surface area is 199 Å². The number of carbonyl (C=O) groups excluding carboxylic acids is 2. The van der Waals surface area contributed by atoms with E-state index >= 15 is 0 Å². The van der Waals surface area contributed by atoms with E-state index in [9.17, 15) is 9.59 Å². The van der Waals surface area contributed by atoms with Crippen LogP contribution in [0.2, 0.25) is 0 Å². The van der Waals surface area contributed by atoms with Gasteiger partial charge in [-0.3, -0.25) is 9.59 Å². The van der Waals surface area contributed by atoms with Crippen LogP contribution in [-0.4, -0.2) is 34.3 Å². The van der Waals surface area contributed by atoms with Gasteiger partial charge in [0.25, 0.3) is 0 Å². The van der Waals surface area contributed by atoms with Crippen molar-refractivity contribution in [3.63, 3.8) is 0 Å². The van der Waals surface area contributed by atoms with Crippen LogP contribution in [0.1, 0.15) is 59.7 Å². The number of aromatic nitrogens is 1. The SMILES string of the molecule is CN(Cc1nc2c(s1)CCCC2)C(=O)CCC1(Cc2ccc3ccccc3c2)CCC(=O)N1. The lowest BCUT2D eigenvalue weighted by Crippen LogP contribution is -2.44. The number of carbonyl (C=O) groups is 2. The molecule has 1 aliphatic heterocycles. The van der Waals surface area contributed by atoms with Crippen molar-refractivity contribution in [1.29, 1.82) is 0 Å². The average Bonchev–Trinajstić information content (AvgIpc) is 3.40. The predicted molar refractivity (Wildman–Crippen MR) is 132 cm³/mol. The average molecular weight is 462 g/mol. The van der Waals surface area contributed by atoms with Gasteiger partial charge in [0.1, 0.15) is 5.01 Å². The smallest absolute Gasteiger partial charge is 0.222 e. The van der Waals surface area contributed by atoms with E-state index in [1.54, 1.807) is 16.2 Å². The van der Waals surface area contributed by atoms with Crippen LogP contribution >= 0.6 is 11.3 Å². The molecule has 2 heterocycles. The van der Waals surface area contributed by atoms with E-state index < -0.39 is 0 Å². The summed E-state index contributed by atoms with van der Waals surface area (Å²) in [6.07, 6.45) is 7.79. The highest BCUT2D eigenvalue weighted by Crippen LogP contribution is 2.31. The summed E-state index contributed by atoms with van der Waals surface area (Å²) in [5.74, 6) is 0.201. The molecule has 1 fully saturated rings. The Bertz CT molecular complexity index is 1160. The van der Waals surface area contributed by atoms with Gasteiger partial charge in [0, 0.05) is 30.3 Å². The number of amides is 2. The molecule has 1 atom stereocenters. The summed E-state index contributed by atoms with van der Waals surface area (Å²) in [4.78, 5) is 33.1. The number of hydrogen-bond acceptors (Lipinski definition) is 4. The fraction of sp³-hybridized carbons (Fsp3) is 0.444. The number of nitrogens with one attached hydrogen (secondary N) is 1. The third kappa shape index (κ3) is 4.96. The van der Waals surface area contributed by atoms with Crippen LogP contribution in [0.4, 0.5) is 0 Å². The number of benzene rings is 2. The Morgan fingerprint density at radius 1 is 1.12 bits per heavy atom. The molecule has 5 nitrogen and oxygen atoms in total. The first-order valence-electron chi connectivity index (χ1n) is 12.0. The molecule has 5 rings (SSSR count). The van der Waals surface area contributed by atoms with Gasteiger partial charge in [0.15, 0.2) is 0 Å². The van der Waals surface area contributed by atoms with Gasteiger partial charge < -0.3 is 10.2 Å². The largest absolute Gasteiger partial charge is 0.350 e. The Hall–Kier alpha value is -2.73. The number of fused-ring (bicyclic) bond motifs is 2. The molecule has 0 bridgehead atoms. The Kier molecular flexibility index (Phi) is 6.19. The highest BCUT2D eigenvalue weighted by molar-refractivity contribution is 7.11. The van der Waals surface area contributed by atoms with E-state index in [1.165, 1.54) is 39.7 Å². The van der Waals surface area contributed by atoms with E-state index in [-0.39, 0.29) is 17.4 Å². The van der Waals surface area contributed by atoms with Gasteiger partial charge in [-0.15, -0.1) is 11.3 Å². The van der Waals surface area contributed by atoms with Gasteiger partial charge in [-0.1, -0.05) is 42.5 Å². The Balaban J connectivity index is 1.24. The zero-order valence-corrected chi connectivity index (χ0v) is 20.0. The van der Waals surface area contributed by atoms with Gasteiger partial charge in [0.05, 0.1) is 12.2 Å². The van der Waals surface area contributed by atoms with Crippen molar-refractivity contribution < 1.29 is 9.59 Å². The molecule has 2 aromatic carbocycles. The third-order valence-corrected chi connectivity index (χ3v) is 8.24. The lowest BCUT2D eigenvalue weighted by Gasteiger charge is -2.30. The fourth-order valence-corrected chi connectivity index (χ4v) is 6.43. The first-order valence-corrected chi connectivity index (χ1v) is 12.8. The molecule has 1 unspecified atom stereocenters. The molecule has 0 spiro atoms. The van der Waals surface area contributed by atoms with Gasteiger partial charge in [-0.05, 0) is 61.3 Å². The summed E-state index contributed by atoms with van der Waals surface area (Å²) in [7, 11) is 1.87. The Morgan fingerprint density at radius 3 is 2.73 bits per heavy atom. The molecule has 3 aromatic rings. The number of aryl methyl sites for hydroxylation is 2. The van der Waals surface area contributed by atoms with E-state index in [4.69, 9.17) is 4.98 Å². The monoisotopic (exact) mass is 461 g/mol. The van der Waals surface area contributed by atoms with Gasteiger partial charge in [0.2, 0.25) is 11.8 Å². The first kappa shape index (κ1) is 22.1. The van der Waals surface area contributed by atoms with E-state index in [1.807, 2.05) is 19.2 Å². The molecule has 172 valence electrons. The molecule has 2 amide bonds. The minimum absolute atomic E-state index is 0.0879. The second-order valence-corrected chi connectivity index (χ2v) is 10.8. The van der Waals surface area contributed by atoms with Crippen molar-refractivity contribution >= 4 is 33.9 Å². The molecule has 2 aliphatic rings. The van der Waals surface area contributed by atoms with Gasteiger partial charge >= 0.3 is 0 Å². The summed E-state index contributed by atoms with van der Waals surface area (Å²) in [5, 5.41) is 6.68. The van der Waals surface area contributed by atoms with Crippen molar-refractivity contribution in [2.75, 3.05) is 7.05 Å². The maximum absolute atomic E-state index is 13.0. The molecule has 0 radical (unpaired) electrons. The second kappa shape index (κ2) is 9.26. The second-order valence-electron chi connectivity index (χ2n) is 9.62. The first-order chi connectivity index (χ1) is 16.0. The maximum Gasteiger partial charge on any atom is 0.222 e. The van der Waals surface area contributed by atoms with Crippen molar-refractivity contribution in [3.8, 4) is 0 Å². The minimum Gasteiger partial charge on any atom is -0.350 e. The molecule has 1 aromatic heterocycles. The molecule has 1 N–H and O–H groups in total. The summed E-state index contributed by atoms with van der Waals surface area (Å²) in [6, 6.07) is 14.8. The standard InChI is InChI=1S/C27H31N3O2S/c1-30(18-25-28-22-8-4-5-9-23(22)33-25)26(32)13-15-27(14-12-24(31)29-27)17-19-10-11-20-6-2-3-7-21(20)16-19/h2-3,6-7,10-11,16H,4-5,8-9,12-15,17-18H2,1H3,(H,29,31). The van der Waals surface area contributed by atoms with Crippen LogP contribution in [0, 0.1) is 0 Å². The van der Waals surface area contributed by atoms with Crippen LogP contribution < -0.4 is 5.32 Å². The summed E-state index contributed by atoms with van der Waals surface area (Å²) in [6.45, 7) is 0.570. The zero-order valence-electron chi connectivity index (χ0n) is 19.2. The lowest BCUT2D eigenvalue weighted by molar-refractivity contribution is -0.131. The normalized spacial score (nSPS) is 20.0. The molecular formula is C27H31N3O2S. The maximum atomic E-state index is 13.0. The third-order valence-electron chi connectivity index (χ3n) is 7.10. The molecule has 1 aliphatic carbocycles. The topological polar surface area (TPSA) is 62.3 Å². The van der Waals surface area contributed by atoms with E-state index in [0.717, 1.165) is 30.7 Å².